The molecule has 0 aliphatic rings. The number of halogens is 2. The maximum atomic E-state index is 13.4. The first-order valence-corrected chi connectivity index (χ1v) is 4.83. The Labute approximate surface area is 95.9 Å². The molecule has 0 aliphatic heterocycles. The van der Waals surface area contributed by atoms with E-state index in [1.54, 1.807) is 6.07 Å². The van der Waals surface area contributed by atoms with E-state index in [9.17, 15) is 9.18 Å². The largest absolute Gasteiger partial charge is 0.285 e. The zero-order valence-corrected chi connectivity index (χ0v) is 8.78. The molecule has 16 heavy (non-hydrogen) atoms. The smallest absolute Gasteiger partial charge is 0.233 e. The average Bonchev–Trinajstić information content (AvgIpc) is 2.29. The van der Waals surface area contributed by atoms with Gasteiger partial charge in [-0.05, 0) is 24.3 Å². The molecule has 1 aromatic heterocycles. The molecule has 5 heteroatoms. The van der Waals surface area contributed by atoms with Gasteiger partial charge in [-0.25, -0.2) is 14.4 Å². The second-order valence-electron chi connectivity index (χ2n) is 3.03. The van der Waals surface area contributed by atoms with Gasteiger partial charge in [0, 0.05) is 17.4 Å². The normalized spacial score (nSPS) is 10.1. The zero-order valence-electron chi connectivity index (χ0n) is 8.02. The van der Waals surface area contributed by atoms with Gasteiger partial charge in [0.25, 0.3) is 0 Å². The second-order valence-corrected chi connectivity index (χ2v) is 3.46. The molecule has 0 unspecified atom stereocenters. The summed E-state index contributed by atoms with van der Waals surface area (Å²) in [5, 5.41) is 0.239. The Morgan fingerprint density at radius 3 is 2.56 bits per heavy atom. The van der Waals surface area contributed by atoms with Gasteiger partial charge in [-0.15, -0.1) is 0 Å². The van der Waals surface area contributed by atoms with Crippen molar-refractivity contribution < 1.29 is 9.18 Å². The van der Waals surface area contributed by atoms with E-state index >= 15 is 0 Å². The molecule has 0 spiro atoms. The fraction of sp³-hybridized carbons (Fsp3) is 0. The molecule has 0 aliphatic carbocycles. The fourth-order valence-electron chi connectivity index (χ4n) is 1.21. The summed E-state index contributed by atoms with van der Waals surface area (Å²) < 4.78 is 13.4. The van der Waals surface area contributed by atoms with Crippen LogP contribution in [0.15, 0.2) is 36.7 Å². The summed E-state index contributed by atoms with van der Waals surface area (Å²) in [6, 6.07) is 5.42. The number of ketones is 1. The van der Waals surface area contributed by atoms with Gasteiger partial charge in [-0.1, -0.05) is 11.6 Å². The van der Waals surface area contributed by atoms with Crippen LogP contribution in [0.1, 0.15) is 16.2 Å². The van der Waals surface area contributed by atoms with Gasteiger partial charge in [0.05, 0.1) is 5.56 Å². The van der Waals surface area contributed by atoms with Gasteiger partial charge in [-0.2, -0.15) is 0 Å². The van der Waals surface area contributed by atoms with Crippen LogP contribution in [-0.2, 0) is 0 Å². The molecule has 3 nitrogen and oxygen atoms in total. The number of hydrogen-bond donors (Lipinski definition) is 0. The van der Waals surface area contributed by atoms with E-state index in [4.69, 9.17) is 11.6 Å². The van der Waals surface area contributed by atoms with Crippen molar-refractivity contribution in [3.8, 4) is 0 Å². The van der Waals surface area contributed by atoms with Crippen LogP contribution in [0.2, 0.25) is 5.02 Å². The molecular formula is C11H6ClFN2O. The summed E-state index contributed by atoms with van der Waals surface area (Å²) in [5.41, 5.74) is -0.0874. The van der Waals surface area contributed by atoms with E-state index < -0.39 is 11.6 Å². The Hall–Kier alpha value is -1.81. The Bertz CT molecular complexity index is 531. The number of aromatic nitrogens is 2. The highest BCUT2D eigenvalue weighted by atomic mass is 35.5. The van der Waals surface area contributed by atoms with Crippen molar-refractivity contribution in [3.63, 3.8) is 0 Å². The summed E-state index contributed by atoms with van der Waals surface area (Å²) in [6.07, 6.45) is 2.85. The minimum atomic E-state index is -0.676. The standard InChI is InChI=1S/C11H6ClFN2O/c12-7-2-3-8(9(13)6-7)10(16)11-14-4-1-5-15-11/h1-6H. The maximum absolute atomic E-state index is 13.4. The minimum Gasteiger partial charge on any atom is -0.285 e. The van der Waals surface area contributed by atoms with E-state index in [2.05, 4.69) is 9.97 Å². The van der Waals surface area contributed by atoms with Crippen molar-refractivity contribution in [3.05, 3.63) is 58.9 Å². The van der Waals surface area contributed by atoms with Crippen LogP contribution in [0.4, 0.5) is 4.39 Å². The van der Waals surface area contributed by atoms with Gasteiger partial charge in [0.15, 0.2) is 0 Å². The molecule has 0 saturated heterocycles. The Kier molecular flexibility index (Phi) is 2.92. The van der Waals surface area contributed by atoms with E-state index in [1.165, 1.54) is 24.5 Å². The van der Waals surface area contributed by atoms with Crippen LogP contribution in [0, 0.1) is 5.82 Å². The Morgan fingerprint density at radius 1 is 1.25 bits per heavy atom. The lowest BCUT2D eigenvalue weighted by Crippen LogP contribution is -2.08. The zero-order chi connectivity index (χ0) is 11.5. The Balaban J connectivity index is 2.42. The number of nitrogens with zero attached hydrogens (tertiary/aromatic N) is 2. The summed E-state index contributed by atoms with van der Waals surface area (Å²) in [7, 11) is 0. The van der Waals surface area contributed by atoms with Gasteiger partial charge >= 0.3 is 0 Å². The van der Waals surface area contributed by atoms with Crippen molar-refractivity contribution in [1.29, 1.82) is 0 Å². The van der Waals surface area contributed by atoms with Crippen LogP contribution in [0.3, 0.4) is 0 Å². The molecule has 0 fully saturated rings. The summed E-state index contributed by atoms with van der Waals surface area (Å²) in [5.74, 6) is -1.27. The summed E-state index contributed by atoms with van der Waals surface area (Å²) in [4.78, 5) is 19.3. The lowest BCUT2D eigenvalue weighted by molar-refractivity contribution is 0.102. The quantitative estimate of drug-likeness (QED) is 0.753. The molecule has 1 heterocycles. The first kappa shape index (κ1) is 10.7. The van der Waals surface area contributed by atoms with Crippen molar-refractivity contribution in [2.75, 3.05) is 0 Å². The lowest BCUT2D eigenvalue weighted by atomic mass is 10.1. The number of benzene rings is 1. The van der Waals surface area contributed by atoms with Crippen molar-refractivity contribution in [2.45, 2.75) is 0 Å². The minimum absolute atomic E-state index is 0.0382. The molecule has 0 saturated carbocycles. The second kappa shape index (κ2) is 4.37. The average molecular weight is 237 g/mol. The molecule has 0 amide bonds. The molecule has 80 valence electrons. The topological polar surface area (TPSA) is 42.9 Å². The molecule has 0 atom stereocenters. The van der Waals surface area contributed by atoms with Gasteiger partial charge in [-0.3, -0.25) is 4.79 Å². The highest BCUT2D eigenvalue weighted by molar-refractivity contribution is 6.30. The van der Waals surface area contributed by atoms with E-state index in [1.807, 2.05) is 0 Å². The fourth-order valence-corrected chi connectivity index (χ4v) is 1.37. The van der Waals surface area contributed by atoms with Crippen molar-refractivity contribution in [2.24, 2.45) is 0 Å². The van der Waals surface area contributed by atoms with Crippen molar-refractivity contribution >= 4 is 17.4 Å². The SMILES string of the molecule is O=C(c1ncccn1)c1ccc(Cl)cc1F. The van der Waals surface area contributed by atoms with Crippen molar-refractivity contribution in [1.82, 2.24) is 9.97 Å². The summed E-state index contributed by atoms with van der Waals surface area (Å²) >= 11 is 5.59. The van der Waals surface area contributed by atoms with Gasteiger partial charge in [0.2, 0.25) is 11.6 Å². The first-order valence-electron chi connectivity index (χ1n) is 4.45. The van der Waals surface area contributed by atoms with Gasteiger partial charge in [0.1, 0.15) is 5.82 Å². The molecule has 0 radical (unpaired) electrons. The third-order valence-electron chi connectivity index (χ3n) is 1.94. The maximum Gasteiger partial charge on any atom is 0.233 e. The highest BCUT2D eigenvalue weighted by Crippen LogP contribution is 2.16. The molecule has 2 aromatic rings. The highest BCUT2D eigenvalue weighted by Gasteiger charge is 2.16. The Morgan fingerprint density at radius 2 is 1.94 bits per heavy atom. The monoisotopic (exact) mass is 236 g/mol. The molecule has 1 aromatic carbocycles. The molecule has 0 bridgehead atoms. The summed E-state index contributed by atoms with van der Waals surface area (Å²) in [6.45, 7) is 0. The number of rotatable bonds is 2. The first-order chi connectivity index (χ1) is 7.68. The number of hydrogen-bond acceptors (Lipinski definition) is 3. The van der Waals surface area contributed by atoms with Crippen LogP contribution in [0.25, 0.3) is 0 Å². The van der Waals surface area contributed by atoms with Crippen LogP contribution in [-0.4, -0.2) is 15.8 Å². The third kappa shape index (κ3) is 2.06. The molecular weight excluding hydrogens is 231 g/mol. The number of carbonyl (C=O) groups excluding carboxylic acids is 1. The third-order valence-corrected chi connectivity index (χ3v) is 2.18. The van der Waals surface area contributed by atoms with Crippen LogP contribution < -0.4 is 0 Å². The van der Waals surface area contributed by atoms with Gasteiger partial charge < -0.3 is 0 Å². The van der Waals surface area contributed by atoms with E-state index in [0.29, 0.717) is 0 Å². The molecule has 2 rings (SSSR count). The van der Waals surface area contributed by atoms with E-state index in [-0.39, 0.29) is 16.4 Å². The predicted molar refractivity (Wildman–Crippen MR) is 56.9 cm³/mol. The predicted octanol–water partition coefficient (Wildman–Crippen LogP) is 2.50. The molecule has 0 N–H and O–H groups in total. The van der Waals surface area contributed by atoms with Crippen LogP contribution in [0.5, 0.6) is 0 Å². The number of carbonyl (C=O) groups is 1. The van der Waals surface area contributed by atoms with E-state index in [0.717, 1.165) is 6.07 Å². The van der Waals surface area contributed by atoms with Crippen LogP contribution >= 0.6 is 11.6 Å². The lowest BCUT2D eigenvalue weighted by Gasteiger charge is -2.01.